The van der Waals surface area contributed by atoms with Gasteiger partial charge < -0.3 is 10.6 Å². The van der Waals surface area contributed by atoms with Crippen LogP contribution in [-0.2, 0) is 11.3 Å². The average molecular weight is 388 g/mol. The van der Waals surface area contributed by atoms with Crippen molar-refractivity contribution in [3.63, 3.8) is 0 Å². The molecule has 0 aliphatic heterocycles. The number of hydrogen-bond acceptors (Lipinski definition) is 6. The van der Waals surface area contributed by atoms with E-state index in [2.05, 4.69) is 20.8 Å². The SMILES string of the molecule is C[C@H](Sc1nnc(NCc2ccccc2)s1)C(=O)Nc1ccc(F)cc1. The molecule has 8 heteroatoms. The molecule has 0 aliphatic rings. The smallest absolute Gasteiger partial charge is 0.237 e. The van der Waals surface area contributed by atoms with E-state index < -0.39 is 0 Å². The second kappa shape index (κ2) is 8.77. The van der Waals surface area contributed by atoms with Crippen LogP contribution in [-0.4, -0.2) is 21.4 Å². The van der Waals surface area contributed by atoms with Crippen molar-refractivity contribution < 1.29 is 9.18 Å². The quantitative estimate of drug-likeness (QED) is 0.587. The minimum absolute atomic E-state index is 0.171. The van der Waals surface area contributed by atoms with Gasteiger partial charge >= 0.3 is 0 Å². The zero-order valence-corrected chi connectivity index (χ0v) is 15.6. The first-order chi connectivity index (χ1) is 12.6. The van der Waals surface area contributed by atoms with E-state index in [-0.39, 0.29) is 17.0 Å². The van der Waals surface area contributed by atoms with Crippen molar-refractivity contribution in [2.75, 3.05) is 10.6 Å². The van der Waals surface area contributed by atoms with Gasteiger partial charge in [-0.3, -0.25) is 4.79 Å². The molecule has 134 valence electrons. The highest BCUT2D eigenvalue weighted by molar-refractivity contribution is 8.02. The van der Waals surface area contributed by atoms with Gasteiger partial charge in [0.1, 0.15) is 5.82 Å². The number of carbonyl (C=O) groups excluding carboxylic acids is 1. The molecular weight excluding hydrogens is 371 g/mol. The Kier molecular flexibility index (Phi) is 6.19. The van der Waals surface area contributed by atoms with Crippen molar-refractivity contribution in [3.8, 4) is 0 Å². The first-order valence-corrected chi connectivity index (χ1v) is 9.64. The molecule has 26 heavy (non-hydrogen) atoms. The number of amides is 1. The van der Waals surface area contributed by atoms with Gasteiger partial charge in [-0.25, -0.2) is 4.39 Å². The van der Waals surface area contributed by atoms with Crippen LogP contribution < -0.4 is 10.6 Å². The lowest BCUT2D eigenvalue weighted by atomic mass is 10.2. The van der Waals surface area contributed by atoms with Gasteiger partial charge in [-0.2, -0.15) is 0 Å². The molecule has 0 saturated heterocycles. The Labute approximate surface area is 159 Å². The van der Waals surface area contributed by atoms with Crippen molar-refractivity contribution >= 4 is 39.8 Å². The number of hydrogen-bond donors (Lipinski definition) is 2. The predicted octanol–water partition coefficient (Wildman–Crippen LogP) is 4.41. The van der Waals surface area contributed by atoms with Gasteiger partial charge in [0.05, 0.1) is 5.25 Å². The summed E-state index contributed by atoms with van der Waals surface area (Å²) < 4.78 is 13.6. The molecule has 2 aromatic carbocycles. The van der Waals surface area contributed by atoms with Crippen molar-refractivity contribution in [1.82, 2.24) is 10.2 Å². The van der Waals surface area contributed by atoms with Gasteiger partial charge in [0.15, 0.2) is 4.34 Å². The number of halogens is 1. The maximum Gasteiger partial charge on any atom is 0.237 e. The van der Waals surface area contributed by atoms with Crippen LogP contribution in [0.1, 0.15) is 12.5 Å². The molecular formula is C18H17FN4OS2. The highest BCUT2D eigenvalue weighted by Crippen LogP contribution is 2.29. The van der Waals surface area contributed by atoms with E-state index >= 15 is 0 Å². The number of nitrogens with zero attached hydrogens (tertiary/aromatic N) is 2. The summed E-state index contributed by atoms with van der Waals surface area (Å²) in [6.45, 7) is 2.46. The molecule has 1 amide bonds. The van der Waals surface area contributed by atoms with E-state index in [0.717, 1.165) is 5.56 Å². The normalized spacial score (nSPS) is 11.8. The van der Waals surface area contributed by atoms with E-state index in [1.165, 1.54) is 47.4 Å². The van der Waals surface area contributed by atoms with Crippen LogP contribution >= 0.6 is 23.1 Å². The van der Waals surface area contributed by atoms with Crippen molar-refractivity contribution in [1.29, 1.82) is 0 Å². The Bertz CT molecular complexity index is 855. The number of anilines is 2. The monoisotopic (exact) mass is 388 g/mol. The van der Waals surface area contributed by atoms with Crippen LogP contribution in [0.15, 0.2) is 58.9 Å². The molecule has 0 spiro atoms. The lowest BCUT2D eigenvalue weighted by Gasteiger charge is -2.10. The highest BCUT2D eigenvalue weighted by Gasteiger charge is 2.17. The van der Waals surface area contributed by atoms with Crippen molar-refractivity contribution in [3.05, 3.63) is 66.0 Å². The number of aromatic nitrogens is 2. The fraction of sp³-hybridized carbons (Fsp3) is 0.167. The number of carbonyl (C=O) groups is 1. The largest absolute Gasteiger partial charge is 0.356 e. The molecule has 1 heterocycles. The van der Waals surface area contributed by atoms with Gasteiger partial charge in [-0.15, -0.1) is 10.2 Å². The fourth-order valence-electron chi connectivity index (χ4n) is 2.08. The minimum Gasteiger partial charge on any atom is -0.356 e. The Morgan fingerprint density at radius 3 is 2.62 bits per heavy atom. The molecule has 3 rings (SSSR count). The van der Waals surface area contributed by atoms with Crippen LogP contribution in [0, 0.1) is 5.82 Å². The summed E-state index contributed by atoms with van der Waals surface area (Å²) >= 11 is 2.74. The summed E-state index contributed by atoms with van der Waals surface area (Å²) in [7, 11) is 0. The molecule has 0 saturated carbocycles. The molecule has 1 aromatic heterocycles. The Balaban J connectivity index is 1.51. The second-order valence-corrected chi connectivity index (χ2v) is 8.03. The summed E-state index contributed by atoms with van der Waals surface area (Å²) in [6.07, 6.45) is 0. The van der Waals surface area contributed by atoms with Crippen molar-refractivity contribution in [2.24, 2.45) is 0 Å². The zero-order valence-electron chi connectivity index (χ0n) is 14.0. The van der Waals surface area contributed by atoms with E-state index in [4.69, 9.17) is 0 Å². The molecule has 0 unspecified atom stereocenters. The van der Waals surface area contributed by atoms with Crippen LogP contribution in [0.4, 0.5) is 15.2 Å². The fourth-order valence-corrected chi connectivity index (χ4v) is 3.98. The van der Waals surface area contributed by atoms with Crippen LogP contribution in [0.2, 0.25) is 0 Å². The van der Waals surface area contributed by atoms with E-state index in [1.54, 1.807) is 6.92 Å². The molecule has 0 aliphatic carbocycles. The third kappa shape index (κ3) is 5.27. The Morgan fingerprint density at radius 2 is 1.88 bits per heavy atom. The second-order valence-electron chi connectivity index (χ2n) is 5.47. The number of thioether (sulfide) groups is 1. The first kappa shape index (κ1) is 18.3. The van der Waals surface area contributed by atoms with Gasteiger partial charge in [0.25, 0.3) is 0 Å². The predicted molar refractivity (Wildman–Crippen MR) is 104 cm³/mol. The lowest BCUT2D eigenvalue weighted by Crippen LogP contribution is -2.22. The summed E-state index contributed by atoms with van der Waals surface area (Å²) in [5.41, 5.74) is 1.72. The third-order valence-corrected chi connectivity index (χ3v) is 5.52. The molecule has 0 bridgehead atoms. The highest BCUT2D eigenvalue weighted by atomic mass is 32.2. The maximum absolute atomic E-state index is 12.9. The van der Waals surface area contributed by atoms with Crippen LogP contribution in [0.25, 0.3) is 0 Å². The molecule has 5 nitrogen and oxygen atoms in total. The average Bonchev–Trinajstić information content (AvgIpc) is 3.10. The Morgan fingerprint density at radius 1 is 1.15 bits per heavy atom. The summed E-state index contributed by atoms with van der Waals surface area (Å²) in [5.74, 6) is -0.509. The maximum atomic E-state index is 12.9. The molecule has 3 aromatic rings. The topological polar surface area (TPSA) is 66.9 Å². The lowest BCUT2D eigenvalue weighted by molar-refractivity contribution is -0.115. The van der Waals surface area contributed by atoms with Crippen LogP contribution in [0.5, 0.6) is 0 Å². The number of nitrogens with one attached hydrogen (secondary N) is 2. The summed E-state index contributed by atoms with van der Waals surface area (Å²) in [6, 6.07) is 15.7. The van der Waals surface area contributed by atoms with E-state index in [9.17, 15) is 9.18 Å². The van der Waals surface area contributed by atoms with E-state index in [1.807, 2.05) is 30.3 Å². The number of benzene rings is 2. The van der Waals surface area contributed by atoms with E-state index in [0.29, 0.717) is 21.7 Å². The van der Waals surface area contributed by atoms with Gasteiger partial charge in [0, 0.05) is 12.2 Å². The van der Waals surface area contributed by atoms with Crippen molar-refractivity contribution in [2.45, 2.75) is 23.1 Å². The first-order valence-electron chi connectivity index (χ1n) is 7.94. The van der Waals surface area contributed by atoms with Gasteiger partial charge in [-0.1, -0.05) is 53.4 Å². The van der Waals surface area contributed by atoms with Crippen LogP contribution in [0.3, 0.4) is 0 Å². The molecule has 0 fully saturated rings. The minimum atomic E-state index is -0.352. The summed E-state index contributed by atoms with van der Waals surface area (Å²) in [4.78, 5) is 12.2. The zero-order chi connectivity index (χ0) is 18.4. The Hall–Kier alpha value is -2.45. The van der Waals surface area contributed by atoms with Gasteiger partial charge in [0.2, 0.25) is 11.0 Å². The standard InChI is InChI=1S/C18H17FN4OS2/c1-12(16(24)21-15-9-7-14(19)8-10-15)25-18-23-22-17(26-18)20-11-13-5-3-2-4-6-13/h2-10,12H,11H2,1H3,(H,20,22)(H,21,24)/t12-/m0/s1. The molecule has 1 atom stereocenters. The number of rotatable bonds is 7. The van der Waals surface area contributed by atoms with Gasteiger partial charge in [-0.05, 0) is 36.8 Å². The summed E-state index contributed by atoms with van der Waals surface area (Å²) in [5, 5.41) is 14.5. The molecule has 2 N–H and O–H groups in total. The molecule has 0 radical (unpaired) electrons. The third-order valence-electron chi connectivity index (χ3n) is 3.45.